The van der Waals surface area contributed by atoms with E-state index < -0.39 is 0 Å². The van der Waals surface area contributed by atoms with Gasteiger partial charge in [0.05, 0.1) is 0 Å². The van der Waals surface area contributed by atoms with Crippen LogP contribution in [0.5, 0.6) is 0 Å². The lowest BCUT2D eigenvalue weighted by Crippen LogP contribution is -2.47. The van der Waals surface area contributed by atoms with Crippen LogP contribution in [0, 0.1) is 17.8 Å². The topological polar surface area (TPSA) is 65.5 Å². The largest absolute Gasteiger partial charge is 0.355 e. The van der Waals surface area contributed by atoms with Gasteiger partial charge in [0.15, 0.2) is 5.96 Å². The van der Waals surface area contributed by atoms with Gasteiger partial charge in [-0.1, -0.05) is 27.7 Å². The Morgan fingerprint density at radius 1 is 1.05 bits per heavy atom. The van der Waals surface area contributed by atoms with Gasteiger partial charge >= 0.3 is 0 Å². The zero-order valence-electron chi connectivity index (χ0n) is 14.9. The van der Waals surface area contributed by atoms with Gasteiger partial charge < -0.3 is 16.0 Å². The zero-order chi connectivity index (χ0) is 16.5. The smallest absolute Gasteiger partial charge is 0.222 e. The SMILES string of the molecule is CN=C(NCCNC(=O)C(C)C)NC1CCC(C(C)C)CC1. The molecule has 22 heavy (non-hydrogen) atoms. The number of rotatable bonds is 6. The van der Waals surface area contributed by atoms with Crippen LogP contribution in [0.3, 0.4) is 0 Å². The molecule has 1 amide bonds. The Kier molecular flexibility index (Phi) is 8.28. The first kappa shape index (κ1) is 18.8. The number of carbonyl (C=O) groups is 1. The van der Waals surface area contributed by atoms with Crippen LogP contribution in [0.15, 0.2) is 4.99 Å². The number of carbonyl (C=O) groups excluding carboxylic acids is 1. The van der Waals surface area contributed by atoms with Crippen molar-refractivity contribution in [1.29, 1.82) is 0 Å². The van der Waals surface area contributed by atoms with E-state index in [-0.39, 0.29) is 11.8 Å². The third-order valence-corrected chi connectivity index (χ3v) is 4.52. The van der Waals surface area contributed by atoms with Gasteiger partial charge in [-0.25, -0.2) is 0 Å². The van der Waals surface area contributed by atoms with Gasteiger partial charge in [-0.15, -0.1) is 0 Å². The summed E-state index contributed by atoms with van der Waals surface area (Å²) in [5, 5.41) is 9.67. The molecule has 5 heteroatoms. The molecule has 128 valence electrons. The molecule has 0 heterocycles. The van der Waals surface area contributed by atoms with Crippen molar-refractivity contribution in [2.75, 3.05) is 20.1 Å². The highest BCUT2D eigenvalue weighted by atomic mass is 16.1. The zero-order valence-corrected chi connectivity index (χ0v) is 14.9. The lowest BCUT2D eigenvalue weighted by Gasteiger charge is -2.32. The minimum atomic E-state index is 0.0357. The summed E-state index contributed by atoms with van der Waals surface area (Å²) in [5.41, 5.74) is 0. The van der Waals surface area contributed by atoms with Crippen molar-refractivity contribution < 1.29 is 4.79 Å². The summed E-state index contributed by atoms with van der Waals surface area (Å²) < 4.78 is 0. The monoisotopic (exact) mass is 310 g/mol. The van der Waals surface area contributed by atoms with Crippen molar-refractivity contribution >= 4 is 11.9 Å². The maximum Gasteiger partial charge on any atom is 0.222 e. The van der Waals surface area contributed by atoms with E-state index in [4.69, 9.17) is 0 Å². The minimum absolute atomic E-state index is 0.0357. The van der Waals surface area contributed by atoms with Crippen LogP contribution in [0.25, 0.3) is 0 Å². The maximum absolute atomic E-state index is 11.5. The fraction of sp³-hybridized carbons (Fsp3) is 0.882. The summed E-state index contributed by atoms with van der Waals surface area (Å²) >= 11 is 0. The van der Waals surface area contributed by atoms with E-state index in [0.717, 1.165) is 17.8 Å². The molecule has 1 aliphatic carbocycles. The molecule has 1 rings (SSSR count). The number of aliphatic imine (C=N–C) groups is 1. The molecule has 0 bridgehead atoms. The van der Waals surface area contributed by atoms with Crippen LogP contribution in [-0.4, -0.2) is 38.0 Å². The summed E-state index contributed by atoms with van der Waals surface area (Å²) in [5.74, 6) is 2.64. The predicted molar refractivity (Wildman–Crippen MR) is 92.9 cm³/mol. The molecule has 3 N–H and O–H groups in total. The third-order valence-electron chi connectivity index (χ3n) is 4.52. The Hall–Kier alpha value is -1.26. The van der Waals surface area contributed by atoms with Crippen molar-refractivity contribution in [2.45, 2.75) is 59.4 Å². The molecule has 0 radical (unpaired) electrons. The van der Waals surface area contributed by atoms with Crippen molar-refractivity contribution in [3.05, 3.63) is 0 Å². The van der Waals surface area contributed by atoms with Crippen molar-refractivity contribution in [2.24, 2.45) is 22.7 Å². The fourth-order valence-corrected chi connectivity index (χ4v) is 2.89. The normalized spacial score (nSPS) is 22.8. The summed E-state index contributed by atoms with van der Waals surface area (Å²) in [7, 11) is 1.79. The highest BCUT2D eigenvalue weighted by Crippen LogP contribution is 2.29. The number of nitrogens with zero attached hydrogens (tertiary/aromatic N) is 1. The second-order valence-corrected chi connectivity index (χ2v) is 6.94. The summed E-state index contributed by atoms with van der Waals surface area (Å²) in [6.07, 6.45) is 5.04. The summed E-state index contributed by atoms with van der Waals surface area (Å²) in [6, 6.07) is 0.520. The van der Waals surface area contributed by atoms with E-state index in [2.05, 4.69) is 34.8 Å². The van der Waals surface area contributed by atoms with Gasteiger partial charge in [0.2, 0.25) is 5.91 Å². The first-order chi connectivity index (χ1) is 10.4. The van der Waals surface area contributed by atoms with Gasteiger partial charge in [-0.05, 0) is 37.5 Å². The van der Waals surface area contributed by atoms with Crippen LogP contribution in [0.4, 0.5) is 0 Å². The van der Waals surface area contributed by atoms with E-state index in [1.165, 1.54) is 25.7 Å². The van der Waals surface area contributed by atoms with Crippen molar-refractivity contribution in [3.8, 4) is 0 Å². The summed E-state index contributed by atoms with van der Waals surface area (Å²) in [4.78, 5) is 15.7. The molecule has 1 fully saturated rings. The third kappa shape index (κ3) is 6.67. The van der Waals surface area contributed by atoms with Gasteiger partial charge in [0.1, 0.15) is 0 Å². The molecule has 0 spiro atoms. The Morgan fingerprint density at radius 2 is 1.64 bits per heavy atom. The molecular formula is C17H34N4O. The Labute approximate surface area is 135 Å². The first-order valence-corrected chi connectivity index (χ1v) is 8.69. The standard InChI is InChI=1S/C17H34N4O/c1-12(2)14-6-8-15(9-7-14)21-17(18-5)20-11-10-19-16(22)13(3)4/h12-15H,6-11H2,1-5H3,(H,19,22)(H2,18,20,21). The Balaban J connectivity index is 2.22. The molecular weight excluding hydrogens is 276 g/mol. The number of hydrogen-bond donors (Lipinski definition) is 3. The molecule has 0 atom stereocenters. The van der Waals surface area contributed by atoms with Crippen LogP contribution in [-0.2, 0) is 4.79 Å². The van der Waals surface area contributed by atoms with E-state index in [9.17, 15) is 4.79 Å². The molecule has 5 nitrogen and oxygen atoms in total. The molecule has 1 saturated carbocycles. The minimum Gasteiger partial charge on any atom is -0.355 e. The molecule has 1 aliphatic rings. The maximum atomic E-state index is 11.5. The fourth-order valence-electron chi connectivity index (χ4n) is 2.89. The lowest BCUT2D eigenvalue weighted by atomic mass is 9.80. The van der Waals surface area contributed by atoms with Gasteiger partial charge in [-0.2, -0.15) is 0 Å². The Bertz CT molecular complexity index is 358. The van der Waals surface area contributed by atoms with Crippen molar-refractivity contribution in [1.82, 2.24) is 16.0 Å². The first-order valence-electron chi connectivity index (χ1n) is 8.69. The molecule has 0 aromatic rings. The van der Waals surface area contributed by atoms with Crippen LogP contribution < -0.4 is 16.0 Å². The second kappa shape index (κ2) is 9.70. The van der Waals surface area contributed by atoms with E-state index >= 15 is 0 Å². The quantitative estimate of drug-likeness (QED) is 0.400. The molecule has 0 aromatic heterocycles. The van der Waals surface area contributed by atoms with Gasteiger partial charge in [0.25, 0.3) is 0 Å². The summed E-state index contributed by atoms with van der Waals surface area (Å²) in [6.45, 7) is 9.76. The highest BCUT2D eigenvalue weighted by molar-refractivity contribution is 5.80. The van der Waals surface area contributed by atoms with Crippen LogP contribution >= 0.6 is 0 Å². The second-order valence-electron chi connectivity index (χ2n) is 6.94. The van der Waals surface area contributed by atoms with Crippen molar-refractivity contribution in [3.63, 3.8) is 0 Å². The average molecular weight is 310 g/mol. The van der Waals surface area contributed by atoms with Gasteiger partial charge in [0, 0.05) is 32.1 Å². The molecule has 0 saturated heterocycles. The number of nitrogens with one attached hydrogen (secondary N) is 3. The number of amides is 1. The molecule has 0 aromatic carbocycles. The van der Waals surface area contributed by atoms with E-state index in [1.807, 2.05) is 13.8 Å². The lowest BCUT2D eigenvalue weighted by molar-refractivity contribution is -0.123. The highest BCUT2D eigenvalue weighted by Gasteiger charge is 2.23. The molecule has 0 unspecified atom stereocenters. The Morgan fingerprint density at radius 3 is 2.14 bits per heavy atom. The number of guanidine groups is 1. The van der Waals surface area contributed by atoms with Gasteiger partial charge in [-0.3, -0.25) is 9.79 Å². The molecule has 0 aliphatic heterocycles. The van der Waals surface area contributed by atoms with E-state index in [1.54, 1.807) is 7.05 Å². The van der Waals surface area contributed by atoms with Crippen LogP contribution in [0.2, 0.25) is 0 Å². The van der Waals surface area contributed by atoms with Crippen LogP contribution in [0.1, 0.15) is 53.4 Å². The average Bonchev–Trinajstić information content (AvgIpc) is 2.50. The van der Waals surface area contributed by atoms with E-state index in [0.29, 0.717) is 19.1 Å². The number of hydrogen-bond acceptors (Lipinski definition) is 2. The predicted octanol–water partition coefficient (Wildman–Crippen LogP) is 2.14.